The van der Waals surface area contributed by atoms with E-state index in [9.17, 15) is 0 Å². The Labute approximate surface area is 61.3 Å². The third kappa shape index (κ3) is 0.899. The molecule has 0 saturated heterocycles. The minimum atomic E-state index is 1.02. The van der Waals surface area contributed by atoms with E-state index in [1.54, 1.807) is 0 Å². The van der Waals surface area contributed by atoms with E-state index in [0.717, 1.165) is 18.5 Å². The van der Waals surface area contributed by atoms with Crippen LogP contribution in [-0.4, -0.2) is 7.48 Å². The molecule has 1 aromatic carbocycles. The maximum atomic E-state index is 5.30. The summed E-state index contributed by atoms with van der Waals surface area (Å²) in [6, 6.07) is 8.17. The zero-order valence-electron chi connectivity index (χ0n) is 5.71. The Morgan fingerprint density at radius 2 is 2.20 bits per heavy atom. The number of hydrogen-bond acceptors (Lipinski definition) is 1. The molecular weight excluding hydrogens is 123 g/mol. The Kier molecular flexibility index (Phi) is 1.38. The number of para-hydroxylation sites is 1. The first-order chi connectivity index (χ1) is 4.97. The second-order valence-corrected chi connectivity index (χ2v) is 2.43. The molecule has 1 aliphatic heterocycles. The molecule has 1 radical (unpaired) electrons. The summed E-state index contributed by atoms with van der Waals surface area (Å²) in [4.78, 5) is 0. The van der Waals surface area contributed by atoms with Crippen LogP contribution in [0.4, 0.5) is 0 Å². The largest absolute Gasteiger partial charge is 0.563 e. The Morgan fingerprint density at radius 1 is 1.30 bits per heavy atom. The van der Waals surface area contributed by atoms with Gasteiger partial charge in [0.05, 0.1) is 0 Å². The maximum absolute atomic E-state index is 5.30. The molecule has 0 saturated carbocycles. The van der Waals surface area contributed by atoms with E-state index in [4.69, 9.17) is 4.65 Å². The highest BCUT2D eigenvalue weighted by Gasteiger charge is 2.09. The summed E-state index contributed by atoms with van der Waals surface area (Å²) in [5.41, 5.74) is 1.32. The van der Waals surface area contributed by atoms with E-state index in [-0.39, 0.29) is 0 Å². The van der Waals surface area contributed by atoms with Crippen molar-refractivity contribution in [1.82, 2.24) is 0 Å². The van der Waals surface area contributed by atoms with Crippen molar-refractivity contribution in [2.24, 2.45) is 0 Å². The second kappa shape index (κ2) is 2.37. The first-order valence-electron chi connectivity index (χ1n) is 3.53. The molecule has 0 amide bonds. The normalized spacial score (nSPS) is 14.8. The van der Waals surface area contributed by atoms with Gasteiger partial charge in [-0.2, -0.15) is 0 Å². The van der Waals surface area contributed by atoms with E-state index < -0.39 is 0 Å². The number of rotatable bonds is 0. The highest BCUT2D eigenvalue weighted by atomic mass is 16.4. The van der Waals surface area contributed by atoms with Crippen LogP contribution in [0.1, 0.15) is 5.56 Å². The van der Waals surface area contributed by atoms with Crippen LogP contribution in [-0.2, 0) is 6.42 Å². The Balaban J connectivity index is 2.41. The summed E-state index contributed by atoms with van der Waals surface area (Å²) in [7, 11) is 1.86. The molecule has 0 unspecified atom stereocenters. The quantitative estimate of drug-likeness (QED) is 0.486. The van der Waals surface area contributed by atoms with E-state index in [1.807, 2.05) is 25.7 Å². The SMILES string of the molecule is [B]1CCc2ccccc2O1. The van der Waals surface area contributed by atoms with Gasteiger partial charge in [-0.15, -0.1) is 0 Å². The number of hydrogen-bond donors (Lipinski definition) is 0. The third-order valence-corrected chi connectivity index (χ3v) is 1.71. The Morgan fingerprint density at radius 3 is 3.10 bits per heavy atom. The summed E-state index contributed by atoms with van der Waals surface area (Å²) < 4.78 is 5.30. The van der Waals surface area contributed by atoms with Crippen LogP contribution in [0.5, 0.6) is 5.75 Å². The van der Waals surface area contributed by atoms with Gasteiger partial charge in [0, 0.05) is 0 Å². The molecule has 0 aromatic heterocycles. The Hall–Kier alpha value is -0.915. The van der Waals surface area contributed by atoms with Crippen molar-refractivity contribution >= 4 is 7.48 Å². The van der Waals surface area contributed by atoms with Crippen LogP contribution in [0.2, 0.25) is 6.32 Å². The van der Waals surface area contributed by atoms with Crippen molar-refractivity contribution in [3.05, 3.63) is 29.8 Å². The molecule has 1 aliphatic rings. The first kappa shape index (κ1) is 5.84. The molecule has 0 aliphatic carbocycles. The first-order valence-corrected chi connectivity index (χ1v) is 3.53. The van der Waals surface area contributed by atoms with Crippen LogP contribution in [0, 0.1) is 0 Å². The van der Waals surface area contributed by atoms with Crippen molar-refractivity contribution in [2.75, 3.05) is 0 Å². The van der Waals surface area contributed by atoms with Gasteiger partial charge in [0.25, 0.3) is 0 Å². The lowest BCUT2D eigenvalue weighted by Gasteiger charge is -2.14. The van der Waals surface area contributed by atoms with E-state index in [1.165, 1.54) is 5.56 Å². The van der Waals surface area contributed by atoms with Gasteiger partial charge in [0.1, 0.15) is 5.75 Å². The zero-order valence-corrected chi connectivity index (χ0v) is 5.71. The monoisotopic (exact) mass is 131 g/mol. The van der Waals surface area contributed by atoms with Crippen LogP contribution < -0.4 is 4.65 Å². The number of fused-ring (bicyclic) bond motifs is 1. The average Bonchev–Trinajstić information content (AvgIpc) is 2.05. The lowest BCUT2D eigenvalue weighted by molar-refractivity contribution is 0.565. The van der Waals surface area contributed by atoms with Crippen molar-refractivity contribution in [3.8, 4) is 5.75 Å². The molecule has 0 N–H and O–H groups in total. The molecule has 1 aromatic rings. The minimum Gasteiger partial charge on any atom is -0.563 e. The molecule has 0 fully saturated rings. The third-order valence-electron chi connectivity index (χ3n) is 1.71. The molecule has 49 valence electrons. The molecule has 1 nitrogen and oxygen atoms in total. The molecule has 0 spiro atoms. The van der Waals surface area contributed by atoms with Gasteiger partial charge in [0.15, 0.2) is 0 Å². The molecule has 2 heteroatoms. The van der Waals surface area contributed by atoms with Gasteiger partial charge < -0.3 is 4.65 Å². The summed E-state index contributed by atoms with van der Waals surface area (Å²) in [5.74, 6) is 1.02. The predicted molar refractivity (Wildman–Crippen MR) is 41.3 cm³/mol. The van der Waals surface area contributed by atoms with E-state index in [0.29, 0.717) is 0 Å². The number of benzene rings is 1. The van der Waals surface area contributed by atoms with Crippen LogP contribution in [0.15, 0.2) is 24.3 Å². The van der Waals surface area contributed by atoms with Gasteiger partial charge in [-0.25, -0.2) is 0 Å². The second-order valence-electron chi connectivity index (χ2n) is 2.43. The molecule has 2 rings (SSSR count). The predicted octanol–water partition coefficient (Wildman–Crippen LogP) is 1.66. The summed E-state index contributed by atoms with van der Waals surface area (Å²) >= 11 is 0. The lowest BCUT2D eigenvalue weighted by Crippen LogP contribution is -2.10. The highest BCUT2D eigenvalue weighted by molar-refractivity contribution is 6.28. The van der Waals surface area contributed by atoms with Crippen LogP contribution in [0.3, 0.4) is 0 Å². The summed E-state index contributed by atoms with van der Waals surface area (Å²) in [6.07, 6.45) is 2.16. The number of aryl methyl sites for hydroxylation is 1. The van der Waals surface area contributed by atoms with Crippen molar-refractivity contribution < 1.29 is 4.65 Å². The van der Waals surface area contributed by atoms with Gasteiger partial charge >= 0.3 is 7.48 Å². The minimum absolute atomic E-state index is 1.02. The standard InChI is InChI=1S/C8H8BO/c1-2-4-8-7(3-1)5-6-9-10-8/h1-4H,5-6H2. The molecule has 0 bridgehead atoms. The fraction of sp³-hybridized carbons (Fsp3) is 0.250. The average molecular weight is 131 g/mol. The van der Waals surface area contributed by atoms with Crippen LogP contribution in [0.25, 0.3) is 0 Å². The summed E-state index contributed by atoms with van der Waals surface area (Å²) in [5, 5.41) is 0. The molecule has 10 heavy (non-hydrogen) atoms. The molecule has 1 heterocycles. The van der Waals surface area contributed by atoms with Gasteiger partial charge in [-0.05, 0) is 24.4 Å². The van der Waals surface area contributed by atoms with E-state index in [2.05, 4.69) is 6.07 Å². The van der Waals surface area contributed by atoms with Gasteiger partial charge in [-0.1, -0.05) is 18.2 Å². The van der Waals surface area contributed by atoms with E-state index >= 15 is 0 Å². The van der Waals surface area contributed by atoms with Gasteiger partial charge in [0.2, 0.25) is 0 Å². The van der Waals surface area contributed by atoms with Crippen molar-refractivity contribution in [2.45, 2.75) is 12.7 Å². The Bertz CT molecular complexity index is 209. The lowest BCUT2D eigenvalue weighted by atomic mass is 9.86. The maximum Gasteiger partial charge on any atom is 0.370 e. The fourth-order valence-corrected chi connectivity index (χ4v) is 1.19. The van der Waals surface area contributed by atoms with Gasteiger partial charge in [-0.3, -0.25) is 0 Å². The van der Waals surface area contributed by atoms with Crippen molar-refractivity contribution in [1.29, 1.82) is 0 Å². The molecule has 0 atom stereocenters. The highest BCUT2D eigenvalue weighted by Crippen LogP contribution is 2.22. The van der Waals surface area contributed by atoms with Crippen molar-refractivity contribution in [3.63, 3.8) is 0 Å². The van der Waals surface area contributed by atoms with Crippen LogP contribution >= 0.6 is 0 Å². The smallest absolute Gasteiger partial charge is 0.370 e. The topological polar surface area (TPSA) is 9.23 Å². The molecular formula is C8H8BO. The fourth-order valence-electron chi connectivity index (χ4n) is 1.19. The zero-order chi connectivity index (χ0) is 6.81. The summed E-state index contributed by atoms with van der Waals surface area (Å²) in [6.45, 7) is 0.